The van der Waals surface area contributed by atoms with Gasteiger partial charge in [-0.15, -0.1) is 0 Å². The average molecular weight is 476 g/mol. The number of para-hydroxylation sites is 1. The van der Waals surface area contributed by atoms with Crippen molar-refractivity contribution in [3.05, 3.63) is 68.8 Å². The number of nitrogens with zero attached hydrogens (tertiary/aromatic N) is 1. The van der Waals surface area contributed by atoms with Crippen LogP contribution in [0.15, 0.2) is 36.5 Å². The number of hydroxylamine groups is 1. The first-order valence-corrected chi connectivity index (χ1v) is 11.6. The van der Waals surface area contributed by atoms with Crippen molar-refractivity contribution in [2.75, 3.05) is 19.7 Å². The van der Waals surface area contributed by atoms with Gasteiger partial charge in [-0.25, -0.2) is 5.48 Å². The lowest BCUT2D eigenvalue weighted by Crippen LogP contribution is -2.32. The maximum Gasteiger partial charge on any atom is 0.243 e. The van der Waals surface area contributed by atoms with Crippen LogP contribution in [0.1, 0.15) is 41.1 Å². The fraction of sp³-hybridized carbons (Fsp3) is 0.375. The molecular weight excluding hydrogens is 449 g/mol. The molecule has 4 rings (SSSR count). The van der Waals surface area contributed by atoms with E-state index < -0.39 is 5.91 Å². The predicted molar refractivity (Wildman–Crippen MR) is 126 cm³/mol. The van der Waals surface area contributed by atoms with Crippen LogP contribution in [0.5, 0.6) is 0 Å². The summed E-state index contributed by atoms with van der Waals surface area (Å²) in [5.74, 6) is -0.470. The number of nitrogens with one attached hydrogen (secondary N) is 2. The molecule has 0 fully saturated rings. The van der Waals surface area contributed by atoms with Crippen LogP contribution >= 0.6 is 23.2 Å². The number of aromatic nitrogens is 1. The average Bonchev–Trinajstić information content (AvgIpc) is 3.40. The maximum atomic E-state index is 11.4. The zero-order valence-corrected chi connectivity index (χ0v) is 19.2. The predicted octanol–water partition coefficient (Wildman–Crippen LogP) is 4.44. The van der Waals surface area contributed by atoms with Crippen molar-refractivity contribution in [3.63, 3.8) is 0 Å². The number of fused-ring (bicyclic) bond motifs is 2. The van der Waals surface area contributed by atoms with Crippen LogP contribution in [0, 0.1) is 0 Å². The van der Waals surface area contributed by atoms with Gasteiger partial charge in [0.05, 0.1) is 6.61 Å². The molecule has 1 aromatic heterocycles. The molecule has 0 radical (unpaired) electrons. The number of rotatable bonds is 9. The summed E-state index contributed by atoms with van der Waals surface area (Å²) in [6.07, 6.45) is 5.13. The Morgan fingerprint density at radius 3 is 2.81 bits per heavy atom. The lowest BCUT2D eigenvalue weighted by atomic mass is 10.00. The summed E-state index contributed by atoms with van der Waals surface area (Å²) in [7, 11) is 0. The number of halogens is 2. The highest BCUT2D eigenvalue weighted by atomic mass is 35.5. The molecule has 32 heavy (non-hydrogen) atoms. The molecule has 4 N–H and O–H groups in total. The van der Waals surface area contributed by atoms with E-state index in [4.69, 9.17) is 28.4 Å². The van der Waals surface area contributed by atoms with Gasteiger partial charge in [-0.05, 0) is 60.1 Å². The van der Waals surface area contributed by atoms with Gasteiger partial charge in [-0.1, -0.05) is 41.4 Å². The first kappa shape index (κ1) is 23.1. The van der Waals surface area contributed by atoms with Crippen molar-refractivity contribution >= 4 is 40.0 Å². The smallest absolute Gasteiger partial charge is 0.243 e. The van der Waals surface area contributed by atoms with Crippen molar-refractivity contribution in [2.45, 2.75) is 38.1 Å². The van der Waals surface area contributed by atoms with Crippen LogP contribution in [0.25, 0.3) is 10.9 Å². The van der Waals surface area contributed by atoms with E-state index >= 15 is 0 Å². The van der Waals surface area contributed by atoms with Crippen molar-refractivity contribution in [3.8, 4) is 0 Å². The van der Waals surface area contributed by atoms with Gasteiger partial charge < -0.3 is 10.1 Å². The van der Waals surface area contributed by atoms with Crippen LogP contribution in [-0.4, -0.2) is 45.8 Å². The molecular formula is C24H27Cl2N3O3. The Balaban J connectivity index is 1.54. The molecule has 1 unspecified atom stereocenters. The number of amides is 1. The normalized spacial score (nSPS) is 15.5. The first-order valence-electron chi connectivity index (χ1n) is 10.9. The highest BCUT2D eigenvalue weighted by Gasteiger charge is 2.31. The summed E-state index contributed by atoms with van der Waals surface area (Å²) < 4.78 is 0. The Morgan fingerprint density at radius 2 is 2.03 bits per heavy atom. The Hall–Kier alpha value is -2.09. The number of benzene rings is 2. The molecule has 1 amide bonds. The van der Waals surface area contributed by atoms with Gasteiger partial charge >= 0.3 is 0 Å². The van der Waals surface area contributed by atoms with E-state index in [0.717, 1.165) is 48.0 Å². The third-order valence-corrected chi connectivity index (χ3v) is 7.17. The summed E-state index contributed by atoms with van der Waals surface area (Å²) in [5.41, 5.74) is 6.93. The van der Waals surface area contributed by atoms with Gasteiger partial charge in [0, 0.05) is 52.7 Å². The van der Waals surface area contributed by atoms with E-state index in [1.165, 1.54) is 10.9 Å². The Labute approximate surface area is 197 Å². The Morgan fingerprint density at radius 1 is 1.22 bits per heavy atom. The third-order valence-electron chi connectivity index (χ3n) is 6.37. The lowest BCUT2D eigenvalue weighted by molar-refractivity contribution is -0.129. The molecule has 1 aliphatic carbocycles. The maximum absolute atomic E-state index is 11.4. The van der Waals surface area contributed by atoms with Crippen LogP contribution in [0.2, 0.25) is 10.0 Å². The van der Waals surface area contributed by atoms with Gasteiger partial charge in [0.25, 0.3) is 0 Å². The standard InChI is InChI=1S/C24H27Cl2N3O3/c25-20-13-19-17(24(26)18(20)6-8-23(31)28-32)5-7-22(19)29(11-12-30)10-9-15-14-27-21-4-2-1-3-16(15)21/h1-4,13-14,22,27,30,32H,5-12H2,(H,28,31). The van der Waals surface area contributed by atoms with E-state index in [-0.39, 0.29) is 19.1 Å². The first-order chi connectivity index (χ1) is 15.5. The fourth-order valence-corrected chi connectivity index (χ4v) is 5.52. The molecule has 170 valence electrons. The van der Waals surface area contributed by atoms with E-state index in [2.05, 4.69) is 28.2 Å². The SMILES string of the molecule is O=C(CCc1c(Cl)cc2c(c1Cl)CCC2N(CCO)CCc1c[nH]c2ccccc12)NO. The van der Waals surface area contributed by atoms with E-state index in [9.17, 15) is 9.90 Å². The number of carbonyl (C=O) groups is 1. The second-order valence-electron chi connectivity index (χ2n) is 8.18. The summed E-state index contributed by atoms with van der Waals surface area (Å²) in [6.45, 7) is 1.45. The van der Waals surface area contributed by atoms with Crippen molar-refractivity contribution in [1.29, 1.82) is 0 Å². The van der Waals surface area contributed by atoms with Crippen molar-refractivity contribution < 1.29 is 15.1 Å². The number of aromatic amines is 1. The van der Waals surface area contributed by atoms with Crippen molar-refractivity contribution in [2.24, 2.45) is 0 Å². The molecule has 0 bridgehead atoms. The topological polar surface area (TPSA) is 88.6 Å². The zero-order chi connectivity index (χ0) is 22.7. The summed E-state index contributed by atoms with van der Waals surface area (Å²) in [5, 5.41) is 20.8. The molecule has 1 aliphatic rings. The summed E-state index contributed by atoms with van der Waals surface area (Å²) in [6, 6.07) is 10.4. The van der Waals surface area contributed by atoms with Gasteiger partial charge in [-0.2, -0.15) is 0 Å². The molecule has 8 heteroatoms. The van der Waals surface area contributed by atoms with Crippen LogP contribution in [-0.2, 0) is 24.1 Å². The molecule has 6 nitrogen and oxygen atoms in total. The Bertz CT molecular complexity index is 1120. The molecule has 3 aromatic rings. The quantitative estimate of drug-likeness (QED) is 0.272. The largest absolute Gasteiger partial charge is 0.395 e. The van der Waals surface area contributed by atoms with Crippen LogP contribution in [0.4, 0.5) is 0 Å². The minimum Gasteiger partial charge on any atom is -0.395 e. The molecule has 0 saturated carbocycles. The van der Waals surface area contributed by atoms with Crippen molar-refractivity contribution in [1.82, 2.24) is 15.4 Å². The van der Waals surface area contributed by atoms with Gasteiger partial charge in [0.1, 0.15) is 0 Å². The molecule has 1 heterocycles. The minimum absolute atomic E-state index is 0.0789. The number of aliphatic hydroxyl groups excluding tert-OH is 1. The number of H-pyrrole nitrogens is 1. The second kappa shape index (κ2) is 10.2. The number of hydrogen-bond donors (Lipinski definition) is 4. The molecule has 0 saturated heterocycles. The summed E-state index contributed by atoms with van der Waals surface area (Å²) in [4.78, 5) is 17.1. The highest BCUT2D eigenvalue weighted by Crippen LogP contribution is 2.43. The number of hydrogen-bond acceptors (Lipinski definition) is 4. The van der Waals surface area contributed by atoms with E-state index in [1.807, 2.05) is 18.2 Å². The zero-order valence-electron chi connectivity index (χ0n) is 17.7. The fourth-order valence-electron chi connectivity index (χ4n) is 4.77. The van der Waals surface area contributed by atoms with Gasteiger partial charge in [-0.3, -0.25) is 14.9 Å². The molecule has 2 aromatic carbocycles. The van der Waals surface area contributed by atoms with Crippen LogP contribution < -0.4 is 5.48 Å². The molecule has 1 atom stereocenters. The van der Waals surface area contributed by atoms with E-state index in [0.29, 0.717) is 23.0 Å². The number of carbonyl (C=O) groups excluding carboxylic acids is 1. The number of aliphatic hydroxyl groups is 1. The third kappa shape index (κ3) is 4.65. The second-order valence-corrected chi connectivity index (χ2v) is 8.96. The van der Waals surface area contributed by atoms with Gasteiger partial charge in [0.15, 0.2) is 0 Å². The molecule has 0 spiro atoms. The van der Waals surface area contributed by atoms with E-state index in [1.54, 1.807) is 5.48 Å². The minimum atomic E-state index is -0.470. The van der Waals surface area contributed by atoms with Crippen LogP contribution in [0.3, 0.4) is 0 Å². The van der Waals surface area contributed by atoms with Gasteiger partial charge in [0.2, 0.25) is 5.91 Å². The highest BCUT2D eigenvalue weighted by molar-refractivity contribution is 6.36. The monoisotopic (exact) mass is 475 g/mol. The lowest BCUT2D eigenvalue weighted by Gasteiger charge is -2.29. The molecule has 0 aliphatic heterocycles. The Kier molecular flexibility index (Phi) is 7.38. The summed E-state index contributed by atoms with van der Waals surface area (Å²) >= 11 is 13.3.